The van der Waals surface area contributed by atoms with Gasteiger partial charge in [-0.25, -0.2) is 9.97 Å². The summed E-state index contributed by atoms with van der Waals surface area (Å²) in [6, 6.07) is 4.75. The molecule has 0 spiro atoms. The van der Waals surface area contributed by atoms with Crippen LogP contribution in [0.5, 0.6) is 17.4 Å². The zero-order valence-corrected chi connectivity index (χ0v) is 9.16. The van der Waals surface area contributed by atoms with Crippen molar-refractivity contribution in [3.63, 3.8) is 0 Å². The van der Waals surface area contributed by atoms with E-state index in [0.29, 0.717) is 22.8 Å². The normalized spacial score (nSPS) is 10.7. The van der Waals surface area contributed by atoms with E-state index in [9.17, 15) is 5.11 Å². The number of aromatic hydroxyl groups is 1. The Bertz CT molecular complexity index is 709. The summed E-state index contributed by atoms with van der Waals surface area (Å²) in [5, 5.41) is 9.49. The Labute approximate surface area is 101 Å². The highest BCUT2D eigenvalue weighted by Crippen LogP contribution is 2.34. The summed E-state index contributed by atoms with van der Waals surface area (Å²) < 4.78 is 5.55. The minimum atomic E-state index is -0.0394. The Balaban J connectivity index is 2.06. The number of fused-ring (bicyclic) bond motifs is 1. The number of anilines is 1. The molecule has 2 heterocycles. The molecule has 0 saturated carbocycles. The number of aromatic amines is 1. The number of rotatable bonds is 2. The summed E-state index contributed by atoms with van der Waals surface area (Å²) in [5.74, 6) is 0.585. The first kappa shape index (κ1) is 10.3. The van der Waals surface area contributed by atoms with Crippen LogP contribution in [0.3, 0.4) is 0 Å². The third-order valence-corrected chi connectivity index (χ3v) is 2.44. The van der Waals surface area contributed by atoms with E-state index in [4.69, 9.17) is 10.5 Å². The second-order valence-electron chi connectivity index (χ2n) is 3.57. The lowest BCUT2D eigenvalue weighted by Gasteiger charge is -2.08. The number of phenols is 1. The van der Waals surface area contributed by atoms with Gasteiger partial charge in [0.2, 0.25) is 5.88 Å². The van der Waals surface area contributed by atoms with Crippen molar-refractivity contribution in [3.05, 3.63) is 30.9 Å². The van der Waals surface area contributed by atoms with Gasteiger partial charge in [-0.1, -0.05) is 6.07 Å². The molecule has 3 rings (SSSR count). The molecule has 0 aliphatic heterocycles. The van der Waals surface area contributed by atoms with Crippen LogP contribution in [-0.4, -0.2) is 25.0 Å². The van der Waals surface area contributed by atoms with Gasteiger partial charge in [-0.3, -0.25) is 0 Å². The minimum Gasteiger partial charge on any atom is -0.506 e. The van der Waals surface area contributed by atoms with Gasteiger partial charge >= 0.3 is 0 Å². The van der Waals surface area contributed by atoms with E-state index in [1.54, 1.807) is 12.1 Å². The van der Waals surface area contributed by atoms with Crippen LogP contribution in [0.25, 0.3) is 11.2 Å². The maximum Gasteiger partial charge on any atom is 0.248 e. The predicted octanol–water partition coefficient (Wildman–Crippen LogP) is 1.43. The number of imidazole rings is 1. The first-order chi connectivity index (χ1) is 8.75. The van der Waals surface area contributed by atoms with Gasteiger partial charge in [0.15, 0.2) is 11.4 Å². The molecule has 2 aromatic heterocycles. The van der Waals surface area contributed by atoms with E-state index in [-0.39, 0.29) is 11.4 Å². The first-order valence-corrected chi connectivity index (χ1v) is 5.15. The van der Waals surface area contributed by atoms with E-state index in [1.807, 2.05) is 0 Å². The van der Waals surface area contributed by atoms with Crippen molar-refractivity contribution in [2.24, 2.45) is 0 Å². The fourth-order valence-corrected chi connectivity index (χ4v) is 1.55. The van der Waals surface area contributed by atoms with E-state index < -0.39 is 0 Å². The van der Waals surface area contributed by atoms with E-state index in [1.165, 1.54) is 18.7 Å². The zero-order valence-electron chi connectivity index (χ0n) is 9.16. The van der Waals surface area contributed by atoms with Crippen molar-refractivity contribution >= 4 is 16.9 Å². The van der Waals surface area contributed by atoms with Gasteiger partial charge in [-0.2, -0.15) is 4.98 Å². The van der Waals surface area contributed by atoms with Crippen molar-refractivity contribution in [1.82, 2.24) is 19.9 Å². The second kappa shape index (κ2) is 3.88. The average molecular weight is 243 g/mol. The summed E-state index contributed by atoms with van der Waals surface area (Å²) >= 11 is 0. The fraction of sp³-hybridized carbons (Fsp3) is 0. The van der Waals surface area contributed by atoms with E-state index in [2.05, 4.69) is 19.9 Å². The van der Waals surface area contributed by atoms with Gasteiger partial charge in [0.05, 0.1) is 6.33 Å². The van der Waals surface area contributed by atoms with Crippen LogP contribution in [0.1, 0.15) is 0 Å². The Morgan fingerprint density at radius 3 is 3.00 bits per heavy atom. The second-order valence-corrected chi connectivity index (χ2v) is 3.57. The smallest absolute Gasteiger partial charge is 0.248 e. The van der Waals surface area contributed by atoms with Crippen molar-refractivity contribution in [2.75, 3.05) is 5.73 Å². The number of nitrogen functional groups attached to an aromatic ring is 1. The third kappa shape index (κ3) is 1.58. The lowest BCUT2D eigenvalue weighted by atomic mass is 10.3. The number of nitrogens with zero attached hydrogens (tertiary/aromatic N) is 3. The molecule has 0 atom stereocenters. The first-order valence-electron chi connectivity index (χ1n) is 5.15. The van der Waals surface area contributed by atoms with Gasteiger partial charge in [-0.05, 0) is 12.1 Å². The molecule has 7 nitrogen and oxygen atoms in total. The molecular formula is C11H9N5O2. The Kier molecular flexibility index (Phi) is 2.23. The Morgan fingerprint density at radius 2 is 2.11 bits per heavy atom. The number of nitrogens with two attached hydrogens (primary N) is 1. The lowest BCUT2D eigenvalue weighted by Crippen LogP contribution is -1.95. The standard InChI is InChI=1S/C11H9N5O2/c12-8-6(17)2-1-3-7(8)18-11-9-10(14-4-13-9)15-5-16-11/h1-5,17H,12H2,(H,13,14,15,16). The van der Waals surface area contributed by atoms with Gasteiger partial charge in [-0.15, -0.1) is 0 Å². The highest BCUT2D eigenvalue weighted by molar-refractivity contribution is 5.76. The molecule has 0 radical (unpaired) electrons. The number of aromatic nitrogens is 4. The minimum absolute atomic E-state index is 0.0394. The summed E-state index contributed by atoms with van der Waals surface area (Å²) in [6.07, 6.45) is 2.84. The number of hydrogen-bond acceptors (Lipinski definition) is 6. The van der Waals surface area contributed by atoms with Gasteiger partial charge in [0.1, 0.15) is 23.3 Å². The molecule has 0 amide bonds. The van der Waals surface area contributed by atoms with Crippen LogP contribution in [-0.2, 0) is 0 Å². The van der Waals surface area contributed by atoms with Gasteiger partial charge in [0, 0.05) is 0 Å². The number of H-pyrrole nitrogens is 1. The molecule has 0 bridgehead atoms. The Hall–Kier alpha value is -2.83. The van der Waals surface area contributed by atoms with Crippen molar-refractivity contribution in [3.8, 4) is 17.4 Å². The maximum absolute atomic E-state index is 9.49. The van der Waals surface area contributed by atoms with Crippen molar-refractivity contribution in [2.45, 2.75) is 0 Å². The predicted molar refractivity (Wildman–Crippen MR) is 64.3 cm³/mol. The number of ether oxygens (including phenoxy) is 1. The molecule has 0 saturated heterocycles. The molecule has 4 N–H and O–H groups in total. The van der Waals surface area contributed by atoms with Crippen LogP contribution in [0, 0.1) is 0 Å². The monoisotopic (exact) mass is 243 g/mol. The van der Waals surface area contributed by atoms with Gasteiger partial charge in [0.25, 0.3) is 0 Å². The summed E-state index contributed by atoms with van der Waals surface area (Å²) in [4.78, 5) is 14.8. The van der Waals surface area contributed by atoms with Crippen LogP contribution in [0.2, 0.25) is 0 Å². The number of hydrogen-bond donors (Lipinski definition) is 3. The van der Waals surface area contributed by atoms with Crippen molar-refractivity contribution < 1.29 is 9.84 Å². The van der Waals surface area contributed by atoms with Crippen LogP contribution in [0.15, 0.2) is 30.9 Å². The lowest BCUT2D eigenvalue weighted by molar-refractivity contribution is 0.452. The molecule has 1 aromatic carbocycles. The van der Waals surface area contributed by atoms with E-state index >= 15 is 0 Å². The zero-order chi connectivity index (χ0) is 12.5. The molecule has 0 aliphatic carbocycles. The number of benzene rings is 1. The summed E-state index contributed by atoms with van der Waals surface area (Å²) in [6.45, 7) is 0. The summed E-state index contributed by atoms with van der Waals surface area (Å²) in [5.41, 5.74) is 6.93. The van der Waals surface area contributed by atoms with Gasteiger partial charge < -0.3 is 20.6 Å². The van der Waals surface area contributed by atoms with Crippen LogP contribution in [0.4, 0.5) is 5.69 Å². The van der Waals surface area contributed by atoms with E-state index in [0.717, 1.165) is 0 Å². The molecule has 0 aliphatic rings. The number of nitrogens with one attached hydrogen (secondary N) is 1. The topological polar surface area (TPSA) is 110 Å². The maximum atomic E-state index is 9.49. The molecule has 18 heavy (non-hydrogen) atoms. The molecule has 90 valence electrons. The molecular weight excluding hydrogens is 234 g/mol. The van der Waals surface area contributed by atoms with Crippen molar-refractivity contribution in [1.29, 1.82) is 0 Å². The average Bonchev–Trinajstić information content (AvgIpc) is 2.84. The fourth-order valence-electron chi connectivity index (χ4n) is 1.55. The number of phenolic OH excluding ortho intramolecular Hbond substituents is 1. The molecule has 7 heteroatoms. The highest BCUT2D eigenvalue weighted by atomic mass is 16.5. The molecule has 3 aromatic rings. The van der Waals surface area contributed by atoms with Crippen LogP contribution >= 0.6 is 0 Å². The quantitative estimate of drug-likeness (QED) is 0.464. The molecule has 0 unspecified atom stereocenters. The molecule has 0 fully saturated rings. The number of para-hydroxylation sites is 1. The SMILES string of the molecule is Nc1c(O)cccc1Oc1ncnc2nc[nH]c12. The Morgan fingerprint density at radius 1 is 1.22 bits per heavy atom. The largest absolute Gasteiger partial charge is 0.506 e. The highest BCUT2D eigenvalue weighted by Gasteiger charge is 2.11. The summed E-state index contributed by atoms with van der Waals surface area (Å²) in [7, 11) is 0. The third-order valence-electron chi connectivity index (χ3n) is 2.44. The van der Waals surface area contributed by atoms with Crippen LogP contribution < -0.4 is 10.5 Å².